The molecule has 0 aliphatic carbocycles. The Morgan fingerprint density at radius 1 is 1.12 bits per heavy atom. The highest BCUT2D eigenvalue weighted by Crippen LogP contribution is 2.29. The number of piperidine rings is 1. The van der Waals surface area contributed by atoms with Gasteiger partial charge in [-0.1, -0.05) is 18.2 Å². The number of fused-ring (bicyclic) bond motifs is 1. The van der Waals surface area contributed by atoms with E-state index in [-0.39, 0.29) is 11.8 Å². The van der Waals surface area contributed by atoms with E-state index in [1.807, 2.05) is 18.2 Å². The number of esters is 1. The molecule has 1 aliphatic rings. The van der Waals surface area contributed by atoms with Crippen molar-refractivity contribution in [2.45, 2.75) is 45.3 Å². The molecular weight excluding hydrogens is 422 g/mol. The molecule has 0 bridgehead atoms. The molecule has 1 aliphatic heterocycles. The molecule has 6 heteroatoms. The van der Waals surface area contributed by atoms with E-state index in [9.17, 15) is 13.6 Å². The van der Waals surface area contributed by atoms with E-state index >= 15 is 0 Å². The van der Waals surface area contributed by atoms with Crippen molar-refractivity contribution in [3.63, 3.8) is 0 Å². The second kappa shape index (κ2) is 9.64. The van der Waals surface area contributed by atoms with Crippen molar-refractivity contribution in [2.24, 2.45) is 5.92 Å². The van der Waals surface area contributed by atoms with Gasteiger partial charge in [0.15, 0.2) is 0 Å². The van der Waals surface area contributed by atoms with Gasteiger partial charge in [0.05, 0.1) is 18.2 Å². The number of halogens is 2. The van der Waals surface area contributed by atoms with E-state index in [0.717, 1.165) is 49.1 Å². The van der Waals surface area contributed by atoms with Crippen molar-refractivity contribution in [3.05, 3.63) is 71.2 Å². The van der Waals surface area contributed by atoms with Gasteiger partial charge in [-0.3, -0.25) is 0 Å². The predicted molar refractivity (Wildman–Crippen MR) is 127 cm³/mol. The monoisotopic (exact) mass is 454 g/mol. The molecule has 4 nitrogen and oxygen atoms in total. The zero-order valence-corrected chi connectivity index (χ0v) is 19.6. The molecule has 2 aromatic carbocycles. The van der Waals surface area contributed by atoms with Crippen molar-refractivity contribution in [1.29, 1.82) is 0 Å². The molecule has 0 spiro atoms. The summed E-state index contributed by atoms with van der Waals surface area (Å²) in [6, 6.07) is 12.5. The summed E-state index contributed by atoms with van der Waals surface area (Å²) in [4.78, 5) is 13.9. The molecule has 1 fully saturated rings. The number of carbonyl (C=O) groups excluding carboxylic acids is 1. The van der Waals surface area contributed by atoms with E-state index in [2.05, 4.69) is 15.7 Å². The summed E-state index contributed by atoms with van der Waals surface area (Å²) in [5, 5.41) is 0.658. The van der Waals surface area contributed by atoms with Crippen LogP contribution in [-0.2, 0) is 17.7 Å². The van der Waals surface area contributed by atoms with Crippen LogP contribution in [-0.4, -0.2) is 47.8 Å². The molecule has 0 atom stereocenters. The number of alkyl halides is 1. The fourth-order valence-corrected chi connectivity index (χ4v) is 4.91. The molecule has 176 valence electrons. The third kappa shape index (κ3) is 5.61. The highest BCUT2D eigenvalue weighted by atomic mass is 19.1. The van der Waals surface area contributed by atoms with Gasteiger partial charge in [0.1, 0.15) is 11.5 Å². The fourth-order valence-electron chi connectivity index (χ4n) is 4.91. The highest BCUT2D eigenvalue weighted by Gasteiger charge is 2.26. The zero-order chi connectivity index (χ0) is 23.6. The number of nitrogens with zero attached hydrogens (tertiary/aromatic N) is 2. The lowest BCUT2D eigenvalue weighted by atomic mass is 9.95. The van der Waals surface area contributed by atoms with Gasteiger partial charge in [-0.25, -0.2) is 13.6 Å². The van der Waals surface area contributed by atoms with Crippen LogP contribution in [0.1, 0.15) is 48.2 Å². The molecule has 4 rings (SSSR count). The van der Waals surface area contributed by atoms with Crippen LogP contribution in [0.3, 0.4) is 0 Å². The topological polar surface area (TPSA) is 34.5 Å². The molecule has 33 heavy (non-hydrogen) atoms. The Kier molecular flexibility index (Phi) is 6.84. The predicted octanol–water partition coefficient (Wildman–Crippen LogP) is 5.62. The van der Waals surface area contributed by atoms with E-state index in [1.54, 1.807) is 32.0 Å². The van der Waals surface area contributed by atoms with E-state index in [1.165, 1.54) is 13.2 Å². The number of methoxy groups -OCH3 is 1. The van der Waals surface area contributed by atoms with Crippen molar-refractivity contribution < 1.29 is 18.3 Å². The van der Waals surface area contributed by atoms with Crippen LogP contribution in [0.2, 0.25) is 0 Å². The average molecular weight is 455 g/mol. The van der Waals surface area contributed by atoms with Crippen molar-refractivity contribution in [2.75, 3.05) is 26.7 Å². The Hall–Kier alpha value is -2.73. The van der Waals surface area contributed by atoms with Crippen molar-refractivity contribution in [1.82, 2.24) is 9.47 Å². The van der Waals surface area contributed by atoms with E-state index in [0.29, 0.717) is 29.8 Å². The summed E-state index contributed by atoms with van der Waals surface area (Å²) in [5.41, 5.74) is 2.17. The van der Waals surface area contributed by atoms with Crippen LogP contribution in [0.15, 0.2) is 48.7 Å². The third-order valence-corrected chi connectivity index (χ3v) is 6.47. The maximum atomic E-state index is 14.8. The van der Waals surface area contributed by atoms with Gasteiger partial charge >= 0.3 is 5.97 Å². The second-order valence-corrected chi connectivity index (χ2v) is 9.74. The van der Waals surface area contributed by atoms with Crippen molar-refractivity contribution >= 4 is 16.9 Å². The Labute approximate surface area is 194 Å². The van der Waals surface area contributed by atoms with Gasteiger partial charge in [-0.15, -0.1) is 0 Å². The molecule has 1 saturated heterocycles. The minimum atomic E-state index is -1.18. The lowest BCUT2D eigenvalue weighted by molar-refractivity contribution is 0.0600. The summed E-state index contributed by atoms with van der Waals surface area (Å²) in [7, 11) is 1.36. The standard InChI is InChI=1S/C27H32F2N2O2/c1-27(2,29)18-30-13-11-20(12-14-30)16-31-17-22(25-23(28)5-4-6-24(25)31)15-19-7-9-21(10-8-19)26(32)33-3/h4-10,17,20H,11-16,18H2,1-3H3. The van der Waals surface area contributed by atoms with Gasteiger partial charge in [-0.2, -0.15) is 0 Å². The van der Waals surface area contributed by atoms with Crippen LogP contribution in [0.25, 0.3) is 10.9 Å². The zero-order valence-electron chi connectivity index (χ0n) is 19.6. The van der Waals surface area contributed by atoms with Gasteiger partial charge in [0, 0.05) is 24.7 Å². The van der Waals surface area contributed by atoms with Crippen LogP contribution in [0.4, 0.5) is 8.78 Å². The van der Waals surface area contributed by atoms with Gasteiger partial charge in [0.2, 0.25) is 0 Å². The van der Waals surface area contributed by atoms with Gasteiger partial charge in [-0.05, 0) is 87.5 Å². The van der Waals surface area contributed by atoms with E-state index in [4.69, 9.17) is 4.74 Å². The maximum absolute atomic E-state index is 14.8. The largest absolute Gasteiger partial charge is 0.465 e. The first-order valence-corrected chi connectivity index (χ1v) is 11.6. The highest BCUT2D eigenvalue weighted by molar-refractivity contribution is 5.89. The number of likely N-dealkylation sites (tertiary alicyclic amines) is 1. The molecule has 0 N–H and O–H groups in total. The summed E-state index contributed by atoms with van der Waals surface area (Å²) in [6.07, 6.45) is 4.67. The molecule has 0 amide bonds. The SMILES string of the molecule is COC(=O)c1ccc(Cc2cn(CC3CCN(CC(C)(C)F)CC3)c3cccc(F)c23)cc1. The lowest BCUT2D eigenvalue weighted by Gasteiger charge is -2.34. The number of carbonyl (C=O) groups is 1. The van der Waals surface area contributed by atoms with Crippen molar-refractivity contribution in [3.8, 4) is 0 Å². The van der Waals surface area contributed by atoms with Crippen LogP contribution >= 0.6 is 0 Å². The van der Waals surface area contributed by atoms with Crippen LogP contribution in [0, 0.1) is 11.7 Å². The first-order valence-electron chi connectivity index (χ1n) is 11.6. The summed E-state index contributed by atoms with van der Waals surface area (Å²) in [6.45, 7) is 6.34. The molecular formula is C27H32F2N2O2. The Morgan fingerprint density at radius 3 is 2.45 bits per heavy atom. The third-order valence-electron chi connectivity index (χ3n) is 6.47. The Bertz CT molecular complexity index is 1110. The first kappa shape index (κ1) is 23.4. The molecule has 0 radical (unpaired) electrons. The van der Waals surface area contributed by atoms with Crippen LogP contribution in [0.5, 0.6) is 0 Å². The lowest BCUT2D eigenvalue weighted by Crippen LogP contribution is -2.41. The molecule has 1 aromatic heterocycles. The summed E-state index contributed by atoms with van der Waals surface area (Å²) < 4.78 is 35.8. The number of rotatable bonds is 7. The Balaban J connectivity index is 1.51. The minimum absolute atomic E-state index is 0.215. The molecule has 2 heterocycles. The number of aromatic nitrogens is 1. The number of hydrogen-bond donors (Lipinski definition) is 0. The smallest absolute Gasteiger partial charge is 0.337 e. The molecule has 0 unspecified atom stereocenters. The van der Waals surface area contributed by atoms with E-state index < -0.39 is 5.67 Å². The normalized spacial score (nSPS) is 15.8. The molecule has 3 aromatic rings. The van der Waals surface area contributed by atoms with Gasteiger partial charge < -0.3 is 14.2 Å². The molecule has 0 saturated carbocycles. The summed E-state index contributed by atoms with van der Waals surface area (Å²) in [5.74, 6) is -0.104. The second-order valence-electron chi connectivity index (χ2n) is 9.74. The average Bonchev–Trinajstić information content (AvgIpc) is 3.12. The quantitative estimate of drug-likeness (QED) is 0.435. The van der Waals surface area contributed by atoms with Gasteiger partial charge in [0.25, 0.3) is 0 Å². The number of ether oxygens (including phenoxy) is 1. The first-order chi connectivity index (χ1) is 15.7. The summed E-state index contributed by atoms with van der Waals surface area (Å²) >= 11 is 0. The minimum Gasteiger partial charge on any atom is -0.465 e. The maximum Gasteiger partial charge on any atom is 0.337 e. The fraction of sp³-hybridized carbons (Fsp3) is 0.444. The number of hydrogen-bond acceptors (Lipinski definition) is 3. The Morgan fingerprint density at radius 2 is 1.82 bits per heavy atom. The van der Waals surface area contributed by atoms with Crippen LogP contribution < -0.4 is 0 Å². The number of benzene rings is 2.